The van der Waals surface area contributed by atoms with Crippen LogP contribution in [-0.2, 0) is 6.54 Å². The second-order valence-corrected chi connectivity index (χ2v) is 4.66. The molecule has 0 atom stereocenters. The van der Waals surface area contributed by atoms with Crippen LogP contribution in [0.1, 0.15) is 12.0 Å². The van der Waals surface area contributed by atoms with E-state index in [4.69, 9.17) is 5.73 Å². The zero-order valence-electron chi connectivity index (χ0n) is 10.8. The van der Waals surface area contributed by atoms with Crippen molar-refractivity contribution in [2.75, 3.05) is 20.1 Å². The van der Waals surface area contributed by atoms with E-state index in [0.717, 1.165) is 35.8 Å². The second kappa shape index (κ2) is 5.85. The van der Waals surface area contributed by atoms with Gasteiger partial charge < -0.3 is 15.7 Å². The molecule has 0 saturated carbocycles. The number of aromatic hydroxyl groups is 1. The Morgan fingerprint density at radius 3 is 2.72 bits per heavy atom. The fraction of sp³-hybridized carbons (Fsp3) is 0.333. The molecule has 3 heteroatoms. The van der Waals surface area contributed by atoms with E-state index in [2.05, 4.69) is 24.1 Å². The normalized spacial score (nSPS) is 11.3. The van der Waals surface area contributed by atoms with Gasteiger partial charge in [0.05, 0.1) is 0 Å². The first-order chi connectivity index (χ1) is 8.72. The van der Waals surface area contributed by atoms with E-state index in [1.807, 2.05) is 18.2 Å². The molecule has 0 amide bonds. The first-order valence-corrected chi connectivity index (χ1v) is 6.30. The van der Waals surface area contributed by atoms with Gasteiger partial charge in [-0.15, -0.1) is 0 Å². The molecule has 3 N–H and O–H groups in total. The molecule has 18 heavy (non-hydrogen) atoms. The first-order valence-electron chi connectivity index (χ1n) is 6.30. The summed E-state index contributed by atoms with van der Waals surface area (Å²) < 4.78 is 0. The molecule has 0 aliphatic heterocycles. The third-order valence-corrected chi connectivity index (χ3v) is 3.19. The van der Waals surface area contributed by atoms with E-state index >= 15 is 0 Å². The van der Waals surface area contributed by atoms with E-state index in [-0.39, 0.29) is 0 Å². The summed E-state index contributed by atoms with van der Waals surface area (Å²) >= 11 is 0. The lowest BCUT2D eigenvalue weighted by atomic mass is 10.0. The van der Waals surface area contributed by atoms with Gasteiger partial charge in [0, 0.05) is 12.1 Å². The number of nitrogens with zero attached hydrogens (tertiary/aromatic N) is 1. The Kier molecular flexibility index (Phi) is 4.18. The van der Waals surface area contributed by atoms with Crippen LogP contribution < -0.4 is 5.73 Å². The van der Waals surface area contributed by atoms with Crippen molar-refractivity contribution in [1.82, 2.24) is 4.90 Å². The van der Waals surface area contributed by atoms with E-state index in [1.54, 1.807) is 6.07 Å². The van der Waals surface area contributed by atoms with Gasteiger partial charge in [0.25, 0.3) is 0 Å². The Morgan fingerprint density at radius 2 is 1.94 bits per heavy atom. The number of nitrogens with two attached hydrogens (primary N) is 1. The van der Waals surface area contributed by atoms with Crippen LogP contribution in [-0.4, -0.2) is 30.1 Å². The van der Waals surface area contributed by atoms with Crippen molar-refractivity contribution < 1.29 is 5.11 Å². The molecule has 0 spiro atoms. The fourth-order valence-electron chi connectivity index (χ4n) is 2.20. The maximum absolute atomic E-state index is 10.0. The van der Waals surface area contributed by atoms with Crippen molar-refractivity contribution in [2.24, 2.45) is 5.73 Å². The third kappa shape index (κ3) is 2.81. The zero-order valence-corrected chi connectivity index (χ0v) is 10.8. The summed E-state index contributed by atoms with van der Waals surface area (Å²) in [6.45, 7) is 2.39. The maximum Gasteiger partial charge on any atom is 0.120 e. The van der Waals surface area contributed by atoms with Gasteiger partial charge in [0.1, 0.15) is 5.75 Å². The van der Waals surface area contributed by atoms with Crippen molar-refractivity contribution in [2.45, 2.75) is 13.0 Å². The minimum absolute atomic E-state index is 0.369. The Labute approximate surface area is 108 Å². The number of rotatable bonds is 5. The Hall–Kier alpha value is -1.58. The molecular weight excluding hydrogens is 224 g/mol. The number of hydrogen-bond donors (Lipinski definition) is 2. The lowest BCUT2D eigenvalue weighted by Crippen LogP contribution is -2.21. The van der Waals surface area contributed by atoms with Gasteiger partial charge in [-0.2, -0.15) is 0 Å². The van der Waals surface area contributed by atoms with E-state index < -0.39 is 0 Å². The minimum Gasteiger partial charge on any atom is -0.508 e. The molecule has 0 radical (unpaired) electrons. The molecule has 0 bridgehead atoms. The van der Waals surface area contributed by atoms with Crippen molar-refractivity contribution in [1.29, 1.82) is 0 Å². The van der Waals surface area contributed by atoms with E-state index in [0.29, 0.717) is 12.3 Å². The van der Waals surface area contributed by atoms with E-state index in [1.165, 1.54) is 0 Å². The molecule has 96 valence electrons. The molecule has 0 aliphatic carbocycles. The molecule has 2 aromatic carbocycles. The number of phenols is 1. The van der Waals surface area contributed by atoms with Crippen molar-refractivity contribution in [3.63, 3.8) is 0 Å². The maximum atomic E-state index is 10.0. The van der Waals surface area contributed by atoms with Gasteiger partial charge in [-0.1, -0.05) is 30.3 Å². The van der Waals surface area contributed by atoms with Crippen LogP contribution in [0.4, 0.5) is 0 Å². The molecule has 0 saturated heterocycles. The van der Waals surface area contributed by atoms with Gasteiger partial charge in [0.15, 0.2) is 0 Å². The lowest BCUT2D eigenvalue weighted by Gasteiger charge is -2.18. The number of hydrogen-bond acceptors (Lipinski definition) is 3. The van der Waals surface area contributed by atoms with Crippen LogP contribution in [0.3, 0.4) is 0 Å². The predicted molar refractivity (Wildman–Crippen MR) is 75.6 cm³/mol. The quantitative estimate of drug-likeness (QED) is 0.848. The van der Waals surface area contributed by atoms with Crippen molar-refractivity contribution >= 4 is 10.8 Å². The van der Waals surface area contributed by atoms with Gasteiger partial charge >= 0.3 is 0 Å². The first kappa shape index (κ1) is 12.9. The van der Waals surface area contributed by atoms with Crippen LogP contribution in [0, 0.1) is 0 Å². The Morgan fingerprint density at radius 1 is 1.17 bits per heavy atom. The number of fused-ring (bicyclic) bond motifs is 1. The molecular formula is C15H20N2O. The largest absolute Gasteiger partial charge is 0.508 e. The van der Waals surface area contributed by atoms with E-state index in [9.17, 15) is 5.11 Å². The minimum atomic E-state index is 0.369. The monoisotopic (exact) mass is 244 g/mol. The summed E-state index contributed by atoms with van der Waals surface area (Å²) in [6, 6.07) is 11.9. The molecule has 0 unspecified atom stereocenters. The SMILES string of the molecule is CN(CCCN)Cc1c(O)ccc2ccccc12. The highest BCUT2D eigenvalue weighted by Gasteiger charge is 2.09. The van der Waals surface area contributed by atoms with Crippen LogP contribution >= 0.6 is 0 Å². The molecule has 0 fully saturated rings. The molecule has 2 rings (SSSR count). The highest BCUT2D eigenvalue weighted by atomic mass is 16.3. The number of benzene rings is 2. The Balaban J connectivity index is 2.28. The third-order valence-electron chi connectivity index (χ3n) is 3.19. The lowest BCUT2D eigenvalue weighted by molar-refractivity contribution is 0.319. The molecule has 0 aromatic heterocycles. The Bertz CT molecular complexity index is 525. The molecule has 2 aromatic rings. The average molecular weight is 244 g/mol. The summed E-state index contributed by atoms with van der Waals surface area (Å²) in [6.07, 6.45) is 0.974. The molecule has 0 heterocycles. The molecule has 3 nitrogen and oxygen atoms in total. The second-order valence-electron chi connectivity index (χ2n) is 4.66. The van der Waals surface area contributed by atoms with Gasteiger partial charge in [-0.3, -0.25) is 0 Å². The topological polar surface area (TPSA) is 49.5 Å². The van der Waals surface area contributed by atoms with Gasteiger partial charge in [-0.25, -0.2) is 0 Å². The highest BCUT2D eigenvalue weighted by Crippen LogP contribution is 2.27. The summed E-state index contributed by atoms with van der Waals surface area (Å²) in [5, 5.41) is 12.3. The highest BCUT2D eigenvalue weighted by molar-refractivity contribution is 5.87. The van der Waals surface area contributed by atoms with Crippen LogP contribution in [0.2, 0.25) is 0 Å². The van der Waals surface area contributed by atoms with Gasteiger partial charge in [0.2, 0.25) is 0 Å². The fourth-order valence-corrected chi connectivity index (χ4v) is 2.20. The van der Waals surface area contributed by atoms with Crippen molar-refractivity contribution in [3.8, 4) is 5.75 Å². The van der Waals surface area contributed by atoms with Crippen LogP contribution in [0.15, 0.2) is 36.4 Å². The zero-order chi connectivity index (χ0) is 13.0. The van der Waals surface area contributed by atoms with Crippen LogP contribution in [0.5, 0.6) is 5.75 Å². The summed E-state index contributed by atoms with van der Waals surface area (Å²) in [7, 11) is 2.05. The smallest absolute Gasteiger partial charge is 0.120 e. The predicted octanol–water partition coefficient (Wildman–Crippen LogP) is 2.33. The summed E-state index contributed by atoms with van der Waals surface area (Å²) in [4.78, 5) is 2.19. The summed E-state index contributed by atoms with van der Waals surface area (Å²) in [5.74, 6) is 0.369. The van der Waals surface area contributed by atoms with Crippen LogP contribution in [0.25, 0.3) is 10.8 Å². The summed E-state index contributed by atoms with van der Waals surface area (Å²) in [5.41, 5.74) is 6.51. The number of phenolic OH excluding ortho intramolecular Hbond substituents is 1. The van der Waals surface area contributed by atoms with Gasteiger partial charge in [-0.05, 0) is 43.4 Å². The van der Waals surface area contributed by atoms with Crippen molar-refractivity contribution in [3.05, 3.63) is 42.0 Å². The molecule has 0 aliphatic rings. The standard InChI is InChI=1S/C15H20N2O/c1-17(10-4-9-16)11-14-13-6-3-2-5-12(13)7-8-15(14)18/h2-3,5-8,18H,4,9-11,16H2,1H3. The average Bonchev–Trinajstić information content (AvgIpc) is 2.40.